The maximum atomic E-state index is 6.12. The number of methoxy groups -OCH3 is 1. The van der Waals surface area contributed by atoms with E-state index in [9.17, 15) is 0 Å². The highest BCUT2D eigenvalue weighted by molar-refractivity contribution is 5.47. The van der Waals surface area contributed by atoms with Gasteiger partial charge in [-0.2, -0.15) is 0 Å². The second-order valence-electron chi connectivity index (χ2n) is 6.03. The van der Waals surface area contributed by atoms with Crippen molar-refractivity contribution < 1.29 is 9.47 Å². The van der Waals surface area contributed by atoms with Crippen LogP contribution in [0.5, 0.6) is 17.2 Å². The molecular formula is C18H23NO2. The molecule has 3 heteroatoms. The van der Waals surface area contributed by atoms with Crippen LogP contribution in [0.4, 0.5) is 0 Å². The Morgan fingerprint density at radius 2 is 1.71 bits per heavy atom. The molecule has 0 aliphatic carbocycles. The number of benzene rings is 2. The Morgan fingerprint density at radius 3 is 2.33 bits per heavy atom. The smallest absolute Gasteiger partial charge is 0.131 e. The van der Waals surface area contributed by atoms with E-state index in [2.05, 4.69) is 20.8 Å². The molecule has 21 heavy (non-hydrogen) atoms. The van der Waals surface area contributed by atoms with Crippen LogP contribution >= 0.6 is 0 Å². The molecule has 3 nitrogen and oxygen atoms in total. The van der Waals surface area contributed by atoms with Crippen molar-refractivity contribution >= 4 is 0 Å². The Labute approximate surface area is 126 Å². The number of hydrogen-bond acceptors (Lipinski definition) is 3. The van der Waals surface area contributed by atoms with Crippen molar-refractivity contribution in [2.45, 2.75) is 32.7 Å². The van der Waals surface area contributed by atoms with Crippen molar-refractivity contribution in [1.82, 2.24) is 0 Å². The van der Waals surface area contributed by atoms with Crippen LogP contribution in [0, 0.1) is 0 Å². The summed E-state index contributed by atoms with van der Waals surface area (Å²) in [5.74, 6) is 2.47. The summed E-state index contributed by atoms with van der Waals surface area (Å²) in [6.45, 7) is 6.92. The van der Waals surface area contributed by atoms with Gasteiger partial charge in [0.15, 0.2) is 0 Å². The molecule has 0 aromatic heterocycles. The van der Waals surface area contributed by atoms with Crippen LogP contribution in [0.3, 0.4) is 0 Å². The zero-order valence-electron chi connectivity index (χ0n) is 13.1. The highest BCUT2D eigenvalue weighted by Crippen LogP contribution is 2.37. The predicted octanol–water partition coefficient (Wildman–Crippen LogP) is 4.24. The lowest BCUT2D eigenvalue weighted by molar-refractivity contribution is 0.407. The summed E-state index contributed by atoms with van der Waals surface area (Å²) < 4.78 is 11.4. The molecule has 0 saturated heterocycles. The Balaban J connectivity index is 2.44. The van der Waals surface area contributed by atoms with Gasteiger partial charge in [0.2, 0.25) is 0 Å². The van der Waals surface area contributed by atoms with Crippen molar-refractivity contribution in [3.63, 3.8) is 0 Å². The highest BCUT2D eigenvalue weighted by atomic mass is 16.5. The van der Waals surface area contributed by atoms with Crippen molar-refractivity contribution in [2.24, 2.45) is 5.73 Å². The Kier molecular flexibility index (Phi) is 4.53. The van der Waals surface area contributed by atoms with Crippen LogP contribution in [0.2, 0.25) is 0 Å². The molecule has 0 heterocycles. The molecule has 2 N–H and O–H groups in total. The van der Waals surface area contributed by atoms with E-state index in [1.807, 2.05) is 42.5 Å². The lowest BCUT2D eigenvalue weighted by atomic mass is 9.86. The molecular weight excluding hydrogens is 262 g/mol. The number of rotatable bonds is 4. The zero-order chi connectivity index (χ0) is 15.5. The van der Waals surface area contributed by atoms with Gasteiger partial charge in [-0.3, -0.25) is 0 Å². The SMILES string of the molecule is COc1ccc(Oc2ccccc2CN)c(C(C)(C)C)c1. The van der Waals surface area contributed by atoms with Gasteiger partial charge in [-0.25, -0.2) is 0 Å². The quantitative estimate of drug-likeness (QED) is 0.913. The average molecular weight is 285 g/mol. The minimum Gasteiger partial charge on any atom is -0.497 e. The van der Waals surface area contributed by atoms with Crippen LogP contribution < -0.4 is 15.2 Å². The van der Waals surface area contributed by atoms with Gasteiger partial charge in [-0.15, -0.1) is 0 Å². The molecule has 0 atom stereocenters. The minimum atomic E-state index is -0.0401. The lowest BCUT2D eigenvalue weighted by Gasteiger charge is -2.24. The molecule has 0 fully saturated rings. The van der Waals surface area contributed by atoms with Gasteiger partial charge in [-0.1, -0.05) is 39.0 Å². The van der Waals surface area contributed by atoms with Gasteiger partial charge in [0.1, 0.15) is 17.2 Å². The van der Waals surface area contributed by atoms with Crippen molar-refractivity contribution in [1.29, 1.82) is 0 Å². The molecule has 2 aromatic carbocycles. The lowest BCUT2D eigenvalue weighted by Crippen LogP contribution is -2.13. The third-order valence-electron chi connectivity index (χ3n) is 3.41. The standard InChI is InChI=1S/C18H23NO2/c1-18(2,3)15-11-14(20-4)9-10-17(15)21-16-8-6-5-7-13(16)12-19/h5-11H,12,19H2,1-4H3. The Morgan fingerprint density at radius 1 is 1.00 bits per heavy atom. The molecule has 0 radical (unpaired) electrons. The Bertz CT molecular complexity index is 615. The number of nitrogens with two attached hydrogens (primary N) is 1. The van der Waals surface area contributed by atoms with Gasteiger partial charge in [0.25, 0.3) is 0 Å². The topological polar surface area (TPSA) is 44.5 Å². The summed E-state index contributed by atoms with van der Waals surface area (Å²) in [4.78, 5) is 0. The summed E-state index contributed by atoms with van der Waals surface area (Å²) in [7, 11) is 1.67. The molecule has 2 aromatic rings. The number of ether oxygens (including phenoxy) is 2. The summed E-state index contributed by atoms with van der Waals surface area (Å²) >= 11 is 0. The number of hydrogen-bond donors (Lipinski definition) is 1. The third-order valence-corrected chi connectivity index (χ3v) is 3.41. The molecule has 0 aliphatic rings. The van der Waals surface area contributed by atoms with Gasteiger partial charge in [0, 0.05) is 17.7 Å². The van der Waals surface area contributed by atoms with Crippen LogP contribution in [-0.2, 0) is 12.0 Å². The molecule has 0 spiro atoms. The molecule has 2 rings (SSSR count). The fraction of sp³-hybridized carbons (Fsp3) is 0.333. The zero-order valence-corrected chi connectivity index (χ0v) is 13.1. The first-order valence-electron chi connectivity index (χ1n) is 7.10. The maximum absolute atomic E-state index is 6.12. The monoisotopic (exact) mass is 285 g/mol. The largest absolute Gasteiger partial charge is 0.497 e. The summed E-state index contributed by atoms with van der Waals surface area (Å²) in [5, 5.41) is 0. The van der Waals surface area contributed by atoms with Gasteiger partial charge in [0.05, 0.1) is 7.11 Å². The number of para-hydroxylation sites is 1. The van der Waals surface area contributed by atoms with Crippen molar-refractivity contribution in [3.05, 3.63) is 53.6 Å². The van der Waals surface area contributed by atoms with E-state index < -0.39 is 0 Å². The van der Waals surface area contributed by atoms with E-state index in [1.165, 1.54) is 0 Å². The van der Waals surface area contributed by atoms with Crippen LogP contribution in [0.25, 0.3) is 0 Å². The molecule has 0 aliphatic heterocycles. The molecule has 0 amide bonds. The van der Waals surface area contributed by atoms with Crippen molar-refractivity contribution in [2.75, 3.05) is 7.11 Å². The molecule has 0 bridgehead atoms. The summed E-state index contributed by atoms with van der Waals surface area (Å²) in [6.07, 6.45) is 0. The maximum Gasteiger partial charge on any atom is 0.131 e. The molecule has 0 unspecified atom stereocenters. The van der Waals surface area contributed by atoms with Crippen LogP contribution in [0.15, 0.2) is 42.5 Å². The van der Waals surface area contributed by atoms with Crippen molar-refractivity contribution in [3.8, 4) is 17.2 Å². The first-order chi connectivity index (χ1) is 9.95. The van der Waals surface area contributed by atoms with E-state index in [0.29, 0.717) is 6.54 Å². The summed E-state index contributed by atoms with van der Waals surface area (Å²) in [6, 6.07) is 13.7. The molecule has 0 saturated carbocycles. The second kappa shape index (κ2) is 6.19. The second-order valence-corrected chi connectivity index (χ2v) is 6.03. The minimum absolute atomic E-state index is 0.0401. The van der Waals surface area contributed by atoms with E-state index in [-0.39, 0.29) is 5.41 Å². The first kappa shape index (κ1) is 15.4. The van der Waals surface area contributed by atoms with E-state index in [1.54, 1.807) is 7.11 Å². The van der Waals surface area contributed by atoms with Gasteiger partial charge in [-0.05, 0) is 29.7 Å². The van der Waals surface area contributed by atoms with Gasteiger partial charge >= 0.3 is 0 Å². The normalized spacial score (nSPS) is 11.3. The van der Waals surface area contributed by atoms with E-state index in [4.69, 9.17) is 15.2 Å². The first-order valence-corrected chi connectivity index (χ1v) is 7.10. The molecule has 112 valence electrons. The van der Waals surface area contributed by atoms with Crippen LogP contribution in [0.1, 0.15) is 31.9 Å². The fourth-order valence-electron chi connectivity index (χ4n) is 2.20. The highest BCUT2D eigenvalue weighted by Gasteiger charge is 2.20. The summed E-state index contributed by atoms with van der Waals surface area (Å²) in [5.41, 5.74) is 7.83. The van der Waals surface area contributed by atoms with E-state index in [0.717, 1.165) is 28.4 Å². The van der Waals surface area contributed by atoms with Crippen LogP contribution in [-0.4, -0.2) is 7.11 Å². The average Bonchev–Trinajstić information content (AvgIpc) is 2.47. The Hall–Kier alpha value is -2.00. The third kappa shape index (κ3) is 3.56. The fourth-order valence-corrected chi connectivity index (χ4v) is 2.20. The van der Waals surface area contributed by atoms with Gasteiger partial charge < -0.3 is 15.2 Å². The van der Waals surface area contributed by atoms with E-state index >= 15 is 0 Å². The predicted molar refractivity (Wildman–Crippen MR) is 86.1 cm³/mol.